The van der Waals surface area contributed by atoms with Gasteiger partial charge in [-0.3, -0.25) is 4.79 Å². The molecular formula is C10H6F3NO2. The van der Waals surface area contributed by atoms with Crippen LogP contribution >= 0.6 is 0 Å². The monoisotopic (exact) mass is 229 g/mol. The van der Waals surface area contributed by atoms with Gasteiger partial charge in [-0.1, -0.05) is 6.07 Å². The number of aliphatic carboxylic acids is 1. The second-order valence-electron chi connectivity index (χ2n) is 2.98. The highest BCUT2D eigenvalue weighted by atomic mass is 19.3. The van der Waals surface area contributed by atoms with Crippen LogP contribution in [0, 0.1) is 17.1 Å². The molecule has 0 spiro atoms. The van der Waals surface area contributed by atoms with Gasteiger partial charge < -0.3 is 5.11 Å². The zero-order valence-corrected chi connectivity index (χ0v) is 7.88. The summed E-state index contributed by atoms with van der Waals surface area (Å²) in [7, 11) is 0. The maximum absolute atomic E-state index is 13.3. The highest BCUT2D eigenvalue weighted by molar-refractivity contribution is 5.71. The van der Waals surface area contributed by atoms with Crippen LogP contribution in [0.1, 0.15) is 23.1 Å². The summed E-state index contributed by atoms with van der Waals surface area (Å²) in [6.07, 6.45) is -3.86. The van der Waals surface area contributed by atoms with Gasteiger partial charge in [-0.25, -0.2) is 13.2 Å². The number of carboxylic acids is 1. The third-order valence-electron chi connectivity index (χ3n) is 1.95. The molecule has 0 aliphatic heterocycles. The molecular weight excluding hydrogens is 223 g/mol. The molecule has 1 N–H and O–H groups in total. The van der Waals surface area contributed by atoms with Crippen LogP contribution in [0.25, 0.3) is 0 Å². The molecule has 1 aromatic carbocycles. The van der Waals surface area contributed by atoms with Crippen LogP contribution in [0.4, 0.5) is 13.2 Å². The van der Waals surface area contributed by atoms with Gasteiger partial charge in [0, 0.05) is 0 Å². The number of carboxylic acid groups (broad SMARTS) is 1. The summed E-state index contributed by atoms with van der Waals surface area (Å²) in [5.74, 6) is -2.69. The van der Waals surface area contributed by atoms with Crippen molar-refractivity contribution in [3.05, 3.63) is 34.6 Å². The second kappa shape index (κ2) is 4.66. The van der Waals surface area contributed by atoms with E-state index < -0.39 is 35.8 Å². The fraction of sp³-hybridized carbons (Fsp3) is 0.200. The van der Waals surface area contributed by atoms with Crippen molar-refractivity contribution < 1.29 is 23.1 Å². The topological polar surface area (TPSA) is 61.1 Å². The average molecular weight is 229 g/mol. The van der Waals surface area contributed by atoms with Crippen molar-refractivity contribution in [1.29, 1.82) is 5.26 Å². The fourth-order valence-electron chi connectivity index (χ4n) is 1.27. The molecule has 0 radical (unpaired) electrons. The summed E-state index contributed by atoms with van der Waals surface area (Å²) in [5.41, 5.74) is -1.86. The molecule has 1 aromatic rings. The standard InChI is InChI=1S/C10H6F3NO2/c11-9-6(4-14)2-1-5(3-7(15)16)8(9)10(12)13/h1-2,10H,3H2,(H,15,16). The van der Waals surface area contributed by atoms with Gasteiger partial charge in [0.2, 0.25) is 0 Å². The molecule has 0 heterocycles. The first kappa shape index (κ1) is 12.0. The highest BCUT2D eigenvalue weighted by Gasteiger charge is 2.22. The number of alkyl halides is 2. The van der Waals surface area contributed by atoms with Gasteiger partial charge in [-0.2, -0.15) is 5.26 Å². The summed E-state index contributed by atoms with van der Waals surface area (Å²) in [6, 6.07) is 3.43. The Morgan fingerprint density at radius 2 is 2.12 bits per heavy atom. The number of hydrogen-bond donors (Lipinski definition) is 1. The Hall–Kier alpha value is -2.03. The quantitative estimate of drug-likeness (QED) is 0.864. The number of nitriles is 1. The van der Waals surface area contributed by atoms with Gasteiger partial charge in [-0.15, -0.1) is 0 Å². The maximum atomic E-state index is 13.3. The molecule has 0 unspecified atom stereocenters. The Morgan fingerprint density at radius 1 is 1.50 bits per heavy atom. The van der Waals surface area contributed by atoms with Crippen LogP contribution in [-0.4, -0.2) is 11.1 Å². The van der Waals surface area contributed by atoms with E-state index in [1.165, 1.54) is 6.07 Å². The molecule has 0 saturated carbocycles. The summed E-state index contributed by atoms with van der Waals surface area (Å²) < 4.78 is 38.4. The Labute approximate surface area is 88.7 Å². The second-order valence-corrected chi connectivity index (χ2v) is 2.98. The summed E-state index contributed by atoms with van der Waals surface area (Å²) >= 11 is 0. The predicted octanol–water partition coefficient (Wildman–Crippen LogP) is 2.26. The molecule has 84 valence electrons. The first-order chi connectivity index (χ1) is 7.47. The van der Waals surface area contributed by atoms with E-state index in [4.69, 9.17) is 10.4 Å². The minimum absolute atomic E-state index is 0.320. The molecule has 1 rings (SSSR count). The van der Waals surface area contributed by atoms with Gasteiger partial charge in [0.25, 0.3) is 6.43 Å². The summed E-state index contributed by atoms with van der Waals surface area (Å²) in [6.45, 7) is 0. The van der Waals surface area contributed by atoms with Crippen LogP contribution in [0.3, 0.4) is 0 Å². The average Bonchev–Trinajstić information content (AvgIpc) is 2.16. The molecule has 0 aliphatic carbocycles. The predicted molar refractivity (Wildman–Crippen MR) is 47.4 cm³/mol. The largest absolute Gasteiger partial charge is 0.481 e. The molecule has 16 heavy (non-hydrogen) atoms. The SMILES string of the molecule is N#Cc1ccc(CC(=O)O)c(C(F)F)c1F. The van der Waals surface area contributed by atoms with Crippen molar-refractivity contribution in [2.45, 2.75) is 12.8 Å². The lowest BCUT2D eigenvalue weighted by atomic mass is 10.0. The van der Waals surface area contributed by atoms with Crippen molar-refractivity contribution in [2.24, 2.45) is 0 Å². The van der Waals surface area contributed by atoms with Crippen LogP contribution in [0.15, 0.2) is 12.1 Å². The van der Waals surface area contributed by atoms with Gasteiger partial charge in [-0.05, 0) is 11.6 Å². The number of halogens is 3. The van der Waals surface area contributed by atoms with E-state index in [1.807, 2.05) is 0 Å². The molecule has 0 saturated heterocycles. The van der Waals surface area contributed by atoms with Gasteiger partial charge in [0.05, 0.1) is 17.5 Å². The number of carbonyl (C=O) groups is 1. The van der Waals surface area contributed by atoms with Crippen LogP contribution in [0.2, 0.25) is 0 Å². The number of hydrogen-bond acceptors (Lipinski definition) is 2. The Morgan fingerprint density at radius 3 is 2.56 bits per heavy atom. The zero-order chi connectivity index (χ0) is 12.3. The van der Waals surface area contributed by atoms with Crippen molar-refractivity contribution in [3.63, 3.8) is 0 Å². The van der Waals surface area contributed by atoms with E-state index in [2.05, 4.69) is 0 Å². The molecule has 6 heteroatoms. The molecule has 0 bridgehead atoms. The number of rotatable bonds is 3. The molecule has 0 aliphatic rings. The fourth-order valence-corrected chi connectivity index (χ4v) is 1.27. The van der Waals surface area contributed by atoms with E-state index in [0.717, 1.165) is 12.1 Å². The highest BCUT2D eigenvalue weighted by Crippen LogP contribution is 2.28. The van der Waals surface area contributed by atoms with Crippen LogP contribution in [0.5, 0.6) is 0 Å². The third-order valence-corrected chi connectivity index (χ3v) is 1.95. The minimum atomic E-state index is -3.15. The number of nitrogens with zero attached hydrogens (tertiary/aromatic N) is 1. The van der Waals surface area contributed by atoms with E-state index in [1.54, 1.807) is 0 Å². The van der Waals surface area contributed by atoms with Crippen LogP contribution in [-0.2, 0) is 11.2 Å². The number of benzene rings is 1. The van der Waals surface area contributed by atoms with E-state index >= 15 is 0 Å². The smallest absolute Gasteiger partial charge is 0.307 e. The first-order valence-electron chi connectivity index (χ1n) is 4.18. The third kappa shape index (κ3) is 2.31. The zero-order valence-electron chi connectivity index (χ0n) is 7.88. The molecule has 0 amide bonds. The normalized spacial score (nSPS) is 10.2. The minimum Gasteiger partial charge on any atom is -0.481 e. The Kier molecular flexibility index (Phi) is 3.51. The van der Waals surface area contributed by atoms with Crippen molar-refractivity contribution >= 4 is 5.97 Å². The van der Waals surface area contributed by atoms with Gasteiger partial charge in [0.15, 0.2) is 0 Å². The lowest BCUT2D eigenvalue weighted by Crippen LogP contribution is -2.07. The Balaban J connectivity index is 3.35. The van der Waals surface area contributed by atoms with E-state index in [9.17, 15) is 18.0 Å². The lowest BCUT2D eigenvalue weighted by molar-refractivity contribution is -0.136. The maximum Gasteiger partial charge on any atom is 0.307 e. The van der Waals surface area contributed by atoms with Crippen molar-refractivity contribution in [1.82, 2.24) is 0 Å². The first-order valence-corrected chi connectivity index (χ1v) is 4.18. The summed E-state index contributed by atoms with van der Waals surface area (Å²) in [4.78, 5) is 10.4. The Bertz CT molecular complexity index is 466. The lowest BCUT2D eigenvalue weighted by Gasteiger charge is -2.08. The molecule has 3 nitrogen and oxygen atoms in total. The molecule has 0 fully saturated rings. The van der Waals surface area contributed by atoms with Gasteiger partial charge in [0.1, 0.15) is 11.9 Å². The molecule has 0 aromatic heterocycles. The van der Waals surface area contributed by atoms with E-state index in [-0.39, 0.29) is 5.56 Å². The van der Waals surface area contributed by atoms with Crippen LogP contribution < -0.4 is 0 Å². The molecule has 0 atom stereocenters. The summed E-state index contributed by atoms with van der Waals surface area (Å²) in [5, 5.41) is 16.9. The van der Waals surface area contributed by atoms with Crippen molar-refractivity contribution in [2.75, 3.05) is 0 Å². The van der Waals surface area contributed by atoms with Gasteiger partial charge >= 0.3 is 5.97 Å². The van der Waals surface area contributed by atoms with Crippen molar-refractivity contribution in [3.8, 4) is 6.07 Å². The van der Waals surface area contributed by atoms with E-state index in [0.29, 0.717) is 0 Å².